The number of carbonyl (C=O) groups excluding carboxylic acids is 2. The number of halogens is 2. The highest BCUT2D eigenvalue weighted by Gasteiger charge is 2.11. The fraction of sp³-hybridized carbons (Fsp3) is 0.222. The summed E-state index contributed by atoms with van der Waals surface area (Å²) in [5.74, 6) is -3.11. The van der Waals surface area contributed by atoms with Crippen molar-refractivity contribution in [1.29, 1.82) is 0 Å². The van der Waals surface area contributed by atoms with E-state index in [0.29, 0.717) is 17.9 Å². The molecule has 0 fully saturated rings. The van der Waals surface area contributed by atoms with E-state index in [-0.39, 0.29) is 5.56 Å². The van der Waals surface area contributed by atoms with Gasteiger partial charge in [0.2, 0.25) is 0 Å². The van der Waals surface area contributed by atoms with Crippen LogP contribution in [0.3, 0.4) is 0 Å². The van der Waals surface area contributed by atoms with E-state index in [2.05, 4.69) is 5.32 Å². The summed E-state index contributed by atoms with van der Waals surface area (Å²) in [6, 6.07) is 9.02. The van der Waals surface area contributed by atoms with Crippen molar-refractivity contribution in [2.75, 3.05) is 11.9 Å². The highest BCUT2D eigenvalue weighted by Crippen LogP contribution is 2.14. The molecule has 24 heavy (non-hydrogen) atoms. The summed E-state index contributed by atoms with van der Waals surface area (Å²) in [5, 5.41) is 2.54. The van der Waals surface area contributed by atoms with E-state index in [1.165, 1.54) is 30.3 Å². The molecule has 1 N–H and O–H groups in total. The molecular formula is C18H17F2NO3. The van der Waals surface area contributed by atoms with Gasteiger partial charge in [-0.05, 0) is 48.9 Å². The first kappa shape index (κ1) is 17.6. The lowest BCUT2D eigenvalue weighted by Crippen LogP contribution is -2.13. The van der Waals surface area contributed by atoms with Crippen LogP contribution in [0.4, 0.5) is 14.5 Å². The number of nitrogens with one attached hydrogen (secondary N) is 1. The number of esters is 1. The largest absolute Gasteiger partial charge is 0.462 e. The zero-order valence-corrected chi connectivity index (χ0v) is 13.1. The van der Waals surface area contributed by atoms with E-state index >= 15 is 0 Å². The Morgan fingerprint density at radius 1 is 1.00 bits per heavy atom. The number of amides is 1. The van der Waals surface area contributed by atoms with Gasteiger partial charge in [0.25, 0.3) is 5.91 Å². The fourth-order valence-corrected chi connectivity index (χ4v) is 1.92. The number of hydrogen-bond acceptors (Lipinski definition) is 3. The SMILES string of the molecule is CCCCOC(=O)c1ccc(NC(=O)c2ccc(F)c(F)c2)cc1. The lowest BCUT2D eigenvalue weighted by Gasteiger charge is -2.07. The van der Waals surface area contributed by atoms with Crippen LogP contribution in [-0.2, 0) is 4.74 Å². The Hall–Kier alpha value is -2.76. The van der Waals surface area contributed by atoms with Crippen molar-refractivity contribution < 1.29 is 23.1 Å². The molecule has 2 aromatic rings. The molecule has 0 aliphatic heterocycles. The van der Waals surface area contributed by atoms with Crippen LogP contribution >= 0.6 is 0 Å². The smallest absolute Gasteiger partial charge is 0.338 e. The summed E-state index contributed by atoms with van der Waals surface area (Å²) in [6.07, 6.45) is 1.73. The Morgan fingerprint density at radius 2 is 1.67 bits per heavy atom. The van der Waals surface area contributed by atoms with Crippen molar-refractivity contribution in [3.05, 3.63) is 65.2 Å². The predicted octanol–water partition coefficient (Wildman–Crippen LogP) is 4.17. The molecule has 0 aliphatic rings. The van der Waals surface area contributed by atoms with E-state index < -0.39 is 23.5 Å². The highest BCUT2D eigenvalue weighted by atomic mass is 19.2. The lowest BCUT2D eigenvalue weighted by atomic mass is 10.1. The van der Waals surface area contributed by atoms with Crippen molar-refractivity contribution in [3.8, 4) is 0 Å². The number of hydrogen-bond donors (Lipinski definition) is 1. The second kappa shape index (κ2) is 8.19. The maximum atomic E-state index is 13.1. The van der Waals surface area contributed by atoms with Gasteiger partial charge in [0.15, 0.2) is 11.6 Å². The van der Waals surface area contributed by atoms with Crippen LogP contribution in [0.25, 0.3) is 0 Å². The van der Waals surface area contributed by atoms with E-state index in [0.717, 1.165) is 25.0 Å². The minimum atomic E-state index is -1.09. The summed E-state index contributed by atoms with van der Waals surface area (Å²) in [5.41, 5.74) is 0.795. The third-order valence-electron chi connectivity index (χ3n) is 3.29. The molecule has 2 rings (SSSR count). The van der Waals surface area contributed by atoms with Gasteiger partial charge in [0, 0.05) is 11.3 Å². The van der Waals surface area contributed by atoms with Crippen molar-refractivity contribution in [1.82, 2.24) is 0 Å². The first-order chi connectivity index (χ1) is 11.5. The van der Waals surface area contributed by atoms with Gasteiger partial charge in [-0.2, -0.15) is 0 Å². The molecule has 126 valence electrons. The molecule has 1 amide bonds. The van der Waals surface area contributed by atoms with E-state index in [4.69, 9.17) is 4.74 Å². The van der Waals surface area contributed by atoms with Crippen LogP contribution in [0.1, 0.15) is 40.5 Å². The van der Waals surface area contributed by atoms with Gasteiger partial charge in [0.1, 0.15) is 0 Å². The minimum Gasteiger partial charge on any atom is -0.462 e. The van der Waals surface area contributed by atoms with Gasteiger partial charge in [0.05, 0.1) is 12.2 Å². The third kappa shape index (κ3) is 4.62. The molecule has 0 aliphatic carbocycles. The van der Waals surface area contributed by atoms with Crippen molar-refractivity contribution in [2.45, 2.75) is 19.8 Å². The van der Waals surface area contributed by atoms with Gasteiger partial charge >= 0.3 is 5.97 Å². The highest BCUT2D eigenvalue weighted by molar-refractivity contribution is 6.04. The maximum absolute atomic E-state index is 13.1. The normalized spacial score (nSPS) is 10.3. The first-order valence-corrected chi connectivity index (χ1v) is 7.55. The molecule has 6 heteroatoms. The van der Waals surface area contributed by atoms with Crippen molar-refractivity contribution in [3.63, 3.8) is 0 Å². The van der Waals surface area contributed by atoms with E-state index in [1.807, 2.05) is 6.92 Å². The molecule has 0 saturated carbocycles. The van der Waals surface area contributed by atoms with Crippen LogP contribution < -0.4 is 5.32 Å². The molecule has 0 saturated heterocycles. The molecule has 0 spiro atoms. The number of anilines is 1. The zero-order chi connectivity index (χ0) is 17.5. The number of ether oxygens (including phenoxy) is 1. The van der Waals surface area contributed by atoms with Crippen LogP contribution in [0.15, 0.2) is 42.5 Å². The Bertz CT molecular complexity index is 730. The molecule has 0 unspecified atom stereocenters. The summed E-state index contributed by atoms with van der Waals surface area (Å²) < 4.78 is 31.1. The Kier molecular flexibility index (Phi) is 6.01. The Balaban J connectivity index is 1.99. The molecule has 0 radical (unpaired) electrons. The fourth-order valence-electron chi connectivity index (χ4n) is 1.92. The van der Waals surface area contributed by atoms with Crippen LogP contribution in [0.5, 0.6) is 0 Å². The molecule has 0 atom stereocenters. The molecule has 0 heterocycles. The average molecular weight is 333 g/mol. The van der Waals surface area contributed by atoms with Crippen LogP contribution in [0.2, 0.25) is 0 Å². The van der Waals surface area contributed by atoms with Crippen molar-refractivity contribution >= 4 is 17.6 Å². The van der Waals surface area contributed by atoms with E-state index in [9.17, 15) is 18.4 Å². The van der Waals surface area contributed by atoms with Gasteiger partial charge < -0.3 is 10.1 Å². The summed E-state index contributed by atoms with van der Waals surface area (Å²) in [7, 11) is 0. The number of carbonyl (C=O) groups is 2. The van der Waals surface area contributed by atoms with Crippen molar-refractivity contribution in [2.24, 2.45) is 0 Å². The Labute approximate surface area is 138 Å². The van der Waals surface area contributed by atoms with Gasteiger partial charge in [-0.3, -0.25) is 4.79 Å². The topological polar surface area (TPSA) is 55.4 Å². The Morgan fingerprint density at radius 3 is 2.29 bits per heavy atom. The molecule has 4 nitrogen and oxygen atoms in total. The summed E-state index contributed by atoms with van der Waals surface area (Å²) >= 11 is 0. The third-order valence-corrected chi connectivity index (χ3v) is 3.29. The standard InChI is InChI=1S/C18H17F2NO3/c1-2-3-10-24-18(23)12-4-7-14(8-5-12)21-17(22)13-6-9-15(19)16(20)11-13/h4-9,11H,2-3,10H2,1H3,(H,21,22). The molecule has 0 aromatic heterocycles. The van der Waals surface area contributed by atoms with Gasteiger partial charge in [-0.15, -0.1) is 0 Å². The molecular weight excluding hydrogens is 316 g/mol. The van der Waals surface area contributed by atoms with Crippen LogP contribution in [0, 0.1) is 11.6 Å². The number of rotatable bonds is 6. The first-order valence-electron chi connectivity index (χ1n) is 7.55. The molecule has 2 aromatic carbocycles. The summed E-state index contributed by atoms with van der Waals surface area (Å²) in [6.45, 7) is 2.36. The number of benzene rings is 2. The molecule has 0 bridgehead atoms. The quantitative estimate of drug-likeness (QED) is 0.637. The number of unbranched alkanes of at least 4 members (excludes halogenated alkanes) is 1. The van der Waals surface area contributed by atoms with Gasteiger partial charge in [-0.1, -0.05) is 13.3 Å². The average Bonchev–Trinajstić information content (AvgIpc) is 2.58. The lowest BCUT2D eigenvalue weighted by molar-refractivity contribution is 0.0499. The predicted molar refractivity (Wildman–Crippen MR) is 85.9 cm³/mol. The second-order valence-corrected chi connectivity index (χ2v) is 5.15. The van der Waals surface area contributed by atoms with Crippen LogP contribution in [-0.4, -0.2) is 18.5 Å². The zero-order valence-electron chi connectivity index (χ0n) is 13.1. The maximum Gasteiger partial charge on any atom is 0.338 e. The van der Waals surface area contributed by atoms with Gasteiger partial charge in [-0.25, -0.2) is 13.6 Å². The second-order valence-electron chi connectivity index (χ2n) is 5.15. The van der Waals surface area contributed by atoms with E-state index in [1.54, 1.807) is 0 Å². The monoisotopic (exact) mass is 333 g/mol. The summed E-state index contributed by atoms with van der Waals surface area (Å²) in [4.78, 5) is 23.7. The minimum absolute atomic E-state index is 0.00282.